The lowest BCUT2D eigenvalue weighted by atomic mass is 9.88. The number of benzene rings is 1. The topological polar surface area (TPSA) is 144 Å². The molecule has 0 aliphatic carbocycles. The molecule has 0 spiro atoms. The van der Waals surface area contributed by atoms with Gasteiger partial charge in [0.25, 0.3) is 5.91 Å². The zero-order chi connectivity index (χ0) is 30.8. The van der Waals surface area contributed by atoms with Crippen molar-refractivity contribution in [3.63, 3.8) is 0 Å². The standard InChI is InChI=1S/C31H39N7O6/c1-19-13-20(2)38(35-19)17-28(39)37-15-22-21-5-6-26(42-3)27(14-21)44-12-10-36(9-4-8-32-30(40)23(22)16-37)31(41)29-24-18-43-11-7-25(24)33-34-29/h5-6,13-14,22-23H,4,7-12,15-18H2,1-3H3,(H,32,40)(H,33,34)/t22-,23+/m1/s1. The van der Waals surface area contributed by atoms with Crippen LogP contribution < -0.4 is 14.8 Å². The highest BCUT2D eigenvalue weighted by molar-refractivity contribution is 5.94. The number of amides is 3. The third-order valence-electron chi connectivity index (χ3n) is 8.72. The number of aryl methyl sites for hydroxylation is 2. The fourth-order valence-corrected chi connectivity index (χ4v) is 6.34. The Bertz CT molecular complexity index is 1550. The van der Waals surface area contributed by atoms with E-state index in [-0.39, 0.29) is 36.8 Å². The average Bonchev–Trinajstić information content (AvgIpc) is 3.74. The molecule has 1 saturated heterocycles. The van der Waals surface area contributed by atoms with Gasteiger partial charge in [0, 0.05) is 55.5 Å². The maximum absolute atomic E-state index is 13.6. The Morgan fingerprint density at radius 1 is 1.09 bits per heavy atom. The monoisotopic (exact) mass is 605 g/mol. The summed E-state index contributed by atoms with van der Waals surface area (Å²) in [5, 5.41) is 14.8. The van der Waals surface area contributed by atoms with Gasteiger partial charge in [0.1, 0.15) is 13.2 Å². The first kappa shape index (κ1) is 29.7. The molecule has 0 unspecified atom stereocenters. The molecule has 0 saturated carbocycles. The van der Waals surface area contributed by atoms with Crippen LogP contribution in [0.5, 0.6) is 11.5 Å². The molecule has 3 aliphatic heterocycles. The first-order valence-electron chi connectivity index (χ1n) is 15.1. The van der Waals surface area contributed by atoms with Gasteiger partial charge in [-0.15, -0.1) is 0 Å². The van der Waals surface area contributed by atoms with Crippen molar-refractivity contribution in [1.29, 1.82) is 0 Å². The van der Waals surface area contributed by atoms with Crippen molar-refractivity contribution >= 4 is 17.7 Å². The van der Waals surface area contributed by atoms with Gasteiger partial charge in [0.15, 0.2) is 17.2 Å². The molecule has 5 heterocycles. The number of nitrogens with zero attached hydrogens (tertiary/aromatic N) is 5. The number of rotatable bonds is 4. The van der Waals surface area contributed by atoms with Crippen LogP contribution in [0.3, 0.4) is 0 Å². The van der Waals surface area contributed by atoms with E-state index in [0.29, 0.717) is 76.0 Å². The molecule has 13 nitrogen and oxygen atoms in total. The van der Waals surface area contributed by atoms with Crippen LogP contribution in [0.15, 0.2) is 24.3 Å². The van der Waals surface area contributed by atoms with Crippen LogP contribution in [0, 0.1) is 19.8 Å². The van der Waals surface area contributed by atoms with E-state index in [2.05, 4.69) is 20.6 Å². The Labute approximate surface area is 255 Å². The van der Waals surface area contributed by atoms with Crippen molar-refractivity contribution in [2.75, 3.05) is 53.0 Å². The minimum Gasteiger partial charge on any atom is -0.493 e. The maximum Gasteiger partial charge on any atom is 0.274 e. The second-order valence-corrected chi connectivity index (χ2v) is 11.6. The summed E-state index contributed by atoms with van der Waals surface area (Å²) in [6.45, 7) is 6.95. The molecule has 6 rings (SSSR count). The molecule has 2 bridgehead atoms. The van der Waals surface area contributed by atoms with Crippen LogP contribution in [0.1, 0.15) is 51.0 Å². The summed E-state index contributed by atoms with van der Waals surface area (Å²) < 4.78 is 19.1. The second-order valence-electron chi connectivity index (χ2n) is 11.6. The molecule has 0 radical (unpaired) electrons. The normalized spacial score (nSPS) is 20.7. The fourth-order valence-electron chi connectivity index (χ4n) is 6.34. The van der Waals surface area contributed by atoms with E-state index in [9.17, 15) is 14.4 Å². The quantitative estimate of drug-likeness (QED) is 0.457. The third-order valence-corrected chi connectivity index (χ3v) is 8.72. The molecule has 44 heavy (non-hydrogen) atoms. The van der Waals surface area contributed by atoms with Gasteiger partial charge < -0.3 is 29.3 Å². The van der Waals surface area contributed by atoms with E-state index < -0.39 is 5.92 Å². The molecule has 13 heteroatoms. The number of hydrogen-bond donors (Lipinski definition) is 2. The Balaban J connectivity index is 1.22. The highest BCUT2D eigenvalue weighted by atomic mass is 16.5. The lowest BCUT2D eigenvalue weighted by Crippen LogP contribution is -2.40. The molecule has 3 aromatic rings. The largest absolute Gasteiger partial charge is 0.493 e. The minimum absolute atomic E-state index is 0.0838. The summed E-state index contributed by atoms with van der Waals surface area (Å²) in [5.74, 6) is -0.00931. The van der Waals surface area contributed by atoms with Crippen molar-refractivity contribution in [2.24, 2.45) is 5.92 Å². The lowest BCUT2D eigenvalue weighted by molar-refractivity contribution is -0.131. The first-order valence-corrected chi connectivity index (χ1v) is 15.1. The number of fused-ring (bicyclic) bond motifs is 5. The molecule has 1 aromatic carbocycles. The predicted molar refractivity (Wildman–Crippen MR) is 158 cm³/mol. The molecule has 3 aliphatic rings. The Morgan fingerprint density at radius 3 is 2.73 bits per heavy atom. The van der Waals surface area contributed by atoms with Gasteiger partial charge in [-0.1, -0.05) is 6.07 Å². The van der Waals surface area contributed by atoms with Gasteiger partial charge in [0.05, 0.1) is 38.5 Å². The van der Waals surface area contributed by atoms with E-state index in [1.54, 1.807) is 21.6 Å². The average molecular weight is 606 g/mol. The van der Waals surface area contributed by atoms with Crippen molar-refractivity contribution in [3.05, 3.63) is 58.2 Å². The molecule has 1 fully saturated rings. The lowest BCUT2D eigenvalue weighted by Gasteiger charge is -2.25. The van der Waals surface area contributed by atoms with Gasteiger partial charge in [-0.2, -0.15) is 10.2 Å². The van der Waals surface area contributed by atoms with E-state index in [1.807, 2.05) is 38.1 Å². The van der Waals surface area contributed by atoms with Crippen LogP contribution in [0.25, 0.3) is 0 Å². The predicted octanol–water partition coefficient (Wildman–Crippen LogP) is 1.59. The van der Waals surface area contributed by atoms with Crippen molar-refractivity contribution in [3.8, 4) is 11.5 Å². The van der Waals surface area contributed by atoms with Gasteiger partial charge in [-0.25, -0.2) is 0 Å². The number of aromatic amines is 1. The van der Waals surface area contributed by atoms with Crippen LogP contribution in [-0.4, -0.2) is 101 Å². The number of carbonyl (C=O) groups is 3. The van der Waals surface area contributed by atoms with Crippen molar-refractivity contribution in [1.82, 2.24) is 35.1 Å². The second kappa shape index (κ2) is 12.7. The Morgan fingerprint density at radius 2 is 1.93 bits per heavy atom. The van der Waals surface area contributed by atoms with Crippen LogP contribution in [0.2, 0.25) is 0 Å². The maximum atomic E-state index is 13.6. The number of nitrogens with one attached hydrogen (secondary N) is 2. The molecule has 2 aromatic heterocycles. The molecular weight excluding hydrogens is 566 g/mol. The highest BCUT2D eigenvalue weighted by Crippen LogP contribution is 2.38. The summed E-state index contributed by atoms with van der Waals surface area (Å²) in [6, 6.07) is 7.58. The van der Waals surface area contributed by atoms with E-state index in [0.717, 1.165) is 28.2 Å². The Hall–Kier alpha value is -4.39. The fraction of sp³-hybridized carbons (Fsp3) is 0.516. The van der Waals surface area contributed by atoms with Gasteiger partial charge in [0.2, 0.25) is 11.8 Å². The molecule has 2 N–H and O–H groups in total. The smallest absolute Gasteiger partial charge is 0.274 e. The van der Waals surface area contributed by atoms with Crippen molar-refractivity contribution in [2.45, 2.75) is 45.8 Å². The number of carbonyl (C=O) groups excluding carboxylic acids is 3. The summed E-state index contributed by atoms with van der Waals surface area (Å²) in [6.07, 6.45) is 1.24. The van der Waals surface area contributed by atoms with Gasteiger partial charge in [-0.3, -0.25) is 24.2 Å². The van der Waals surface area contributed by atoms with Crippen molar-refractivity contribution < 1.29 is 28.6 Å². The van der Waals surface area contributed by atoms with E-state index in [4.69, 9.17) is 14.2 Å². The van der Waals surface area contributed by atoms with Gasteiger partial charge in [-0.05, 0) is 44.0 Å². The summed E-state index contributed by atoms with van der Waals surface area (Å²) in [7, 11) is 1.57. The SMILES string of the molecule is COc1ccc2cc1OCCN(C(=O)c1n[nH]c3c1COCC3)CCCNC(=O)[C@H]1CN(C(=O)Cn3nc(C)cc3C)C[C@H]21. The molecular formula is C31H39N7O6. The van der Waals surface area contributed by atoms with Crippen LogP contribution in [-0.2, 0) is 33.9 Å². The number of ether oxygens (including phenoxy) is 3. The molecule has 234 valence electrons. The number of H-pyrrole nitrogens is 1. The highest BCUT2D eigenvalue weighted by Gasteiger charge is 2.41. The summed E-state index contributed by atoms with van der Waals surface area (Å²) in [4.78, 5) is 44.1. The van der Waals surface area contributed by atoms with E-state index >= 15 is 0 Å². The first-order chi connectivity index (χ1) is 21.3. The zero-order valence-electron chi connectivity index (χ0n) is 25.4. The zero-order valence-corrected chi connectivity index (χ0v) is 25.4. The van der Waals surface area contributed by atoms with Crippen LogP contribution in [0.4, 0.5) is 0 Å². The number of methoxy groups -OCH3 is 1. The molecule has 2 atom stereocenters. The number of hydrogen-bond acceptors (Lipinski definition) is 8. The van der Waals surface area contributed by atoms with Gasteiger partial charge >= 0.3 is 0 Å². The third kappa shape index (κ3) is 6.01. The number of likely N-dealkylation sites (tertiary alicyclic amines) is 1. The summed E-state index contributed by atoms with van der Waals surface area (Å²) >= 11 is 0. The Kier molecular flexibility index (Phi) is 8.56. The summed E-state index contributed by atoms with van der Waals surface area (Å²) in [5.41, 5.74) is 4.75. The van der Waals surface area contributed by atoms with Crippen LogP contribution >= 0.6 is 0 Å². The van der Waals surface area contributed by atoms with E-state index in [1.165, 1.54) is 0 Å². The molecule has 3 amide bonds. The number of aromatic nitrogens is 4. The minimum atomic E-state index is -0.447.